The summed E-state index contributed by atoms with van der Waals surface area (Å²) in [6, 6.07) is 14.5. The van der Waals surface area contributed by atoms with Crippen molar-refractivity contribution in [2.45, 2.75) is 20.8 Å². The zero-order valence-corrected chi connectivity index (χ0v) is 17.1. The molecule has 0 aromatic heterocycles. The lowest BCUT2D eigenvalue weighted by Crippen LogP contribution is -2.07. The van der Waals surface area contributed by atoms with Crippen LogP contribution < -0.4 is 9.05 Å². The molecule has 5 nitrogen and oxygen atoms in total. The molecular weight excluding hydrogens is 394 g/mol. The second kappa shape index (κ2) is 8.19. The van der Waals surface area contributed by atoms with E-state index in [2.05, 4.69) is 0 Å². The first-order valence-corrected chi connectivity index (χ1v) is 10.3. The largest absolute Gasteiger partial charge is 0.584 e. The molecule has 0 aliphatic rings. The smallest absolute Gasteiger partial charge is 0.395 e. The second-order valence-electron chi connectivity index (χ2n) is 6.74. The average molecular weight is 414 g/mol. The molecule has 0 aliphatic carbocycles. The van der Waals surface area contributed by atoms with Crippen molar-refractivity contribution in [2.24, 2.45) is 0 Å². The fourth-order valence-corrected chi connectivity index (χ4v) is 3.96. The van der Waals surface area contributed by atoms with Gasteiger partial charge in [-0.1, -0.05) is 29.8 Å². The summed E-state index contributed by atoms with van der Waals surface area (Å²) in [5.41, 5.74) is 3.67. The standard InChI is InChI=1S/C22H20FO5P/c1-14-11-15(2)21(16(3)12-14)22(24)17-5-4-6-20(13-17)28-29(25,26)27-19-9-7-18(23)8-10-19/h4-13H,1-3H3,(H,25,26). The third-order valence-electron chi connectivity index (χ3n) is 4.26. The number of rotatable bonds is 6. The topological polar surface area (TPSA) is 72.8 Å². The number of carbonyl (C=O) groups is 1. The Hall–Kier alpha value is -2.95. The van der Waals surface area contributed by atoms with E-state index in [1.807, 2.05) is 32.9 Å². The molecule has 3 rings (SSSR count). The van der Waals surface area contributed by atoms with E-state index in [1.165, 1.54) is 24.3 Å². The van der Waals surface area contributed by atoms with E-state index in [0.717, 1.165) is 28.8 Å². The van der Waals surface area contributed by atoms with Crippen LogP contribution in [0.2, 0.25) is 0 Å². The molecule has 0 saturated heterocycles. The zero-order valence-electron chi connectivity index (χ0n) is 16.2. The van der Waals surface area contributed by atoms with Crippen molar-refractivity contribution in [1.29, 1.82) is 0 Å². The fraction of sp³-hybridized carbons (Fsp3) is 0.136. The highest BCUT2D eigenvalue weighted by molar-refractivity contribution is 7.48. The molecule has 0 aliphatic heterocycles. The van der Waals surface area contributed by atoms with Crippen molar-refractivity contribution in [1.82, 2.24) is 0 Å². The lowest BCUT2D eigenvalue weighted by Gasteiger charge is -2.15. The van der Waals surface area contributed by atoms with Gasteiger partial charge in [0.05, 0.1) is 0 Å². The number of hydrogen-bond donors (Lipinski definition) is 1. The van der Waals surface area contributed by atoms with E-state index < -0.39 is 13.6 Å². The molecule has 3 aromatic rings. The summed E-state index contributed by atoms with van der Waals surface area (Å²) in [7, 11) is -4.53. The Bertz CT molecular complexity index is 1090. The first kappa shape index (κ1) is 20.8. The van der Waals surface area contributed by atoms with Gasteiger partial charge in [-0.05, 0) is 68.3 Å². The number of hydrogen-bond acceptors (Lipinski definition) is 4. The number of phosphoric acid groups is 1. The van der Waals surface area contributed by atoms with E-state index >= 15 is 0 Å². The Morgan fingerprint density at radius 1 is 0.897 bits per heavy atom. The molecule has 0 fully saturated rings. The van der Waals surface area contributed by atoms with Gasteiger partial charge in [0.1, 0.15) is 17.3 Å². The average Bonchev–Trinajstić information content (AvgIpc) is 2.62. The van der Waals surface area contributed by atoms with Crippen LogP contribution in [0.4, 0.5) is 4.39 Å². The molecule has 0 saturated carbocycles. The molecule has 1 unspecified atom stereocenters. The van der Waals surface area contributed by atoms with Crippen LogP contribution >= 0.6 is 7.82 Å². The molecule has 7 heteroatoms. The molecule has 29 heavy (non-hydrogen) atoms. The predicted octanol–water partition coefficient (Wildman–Crippen LogP) is 5.54. The van der Waals surface area contributed by atoms with E-state index in [4.69, 9.17) is 9.05 Å². The zero-order chi connectivity index (χ0) is 21.2. The molecule has 0 heterocycles. The van der Waals surface area contributed by atoms with Gasteiger partial charge in [0.15, 0.2) is 5.78 Å². The van der Waals surface area contributed by atoms with Gasteiger partial charge in [0.2, 0.25) is 0 Å². The fourth-order valence-electron chi connectivity index (χ4n) is 3.16. The third-order valence-corrected chi connectivity index (χ3v) is 5.14. The van der Waals surface area contributed by atoms with Crippen LogP contribution in [0.1, 0.15) is 32.6 Å². The quantitative estimate of drug-likeness (QED) is 0.424. The van der Waals surface area contributed by atoms with Crippen LogP contribution in [0.25, 0.3) is 0 Å². The van der Waals surface area contributed by atoms with Gasteiger partial charge in [-0.2, -0.15) is 0 Å². The van der Waals surface area contributed by atoms with E-state index in [0.29, 0.717) is 11.1 Å². The second-order valence-corrected chi connectivity index (χ2v) is 8.04. The van der Waals surface area contributed by atoms with Crippen LogP contribution in [-0.4, -0.2) is 10.7 Å². The molecule has 150 valence electrons. The van der Waals surface area contributed by atoms with Gasteiger partial charge < -0.3 is 9.05 Å². The lowest BCUT2D eigenvalue weighted by molar-refractivity contribution is 0.103. The molecule has 0 bridgehead atoms. The third kappa shape index (κ3) is 5.11. The number of aryl methyl sites for hydroxylation is 3. The lowest BCUT2D eigenvalue weighted by atomic mass is 9.93. The maximum Gasteiger partial charge on any atom is 0.584 e. The molecule has 3 aromatic carbocycles. The summed E-state index contributed by atoms with van der Waals surface area (Å²) in [5, 5.41) is 0. The van der Waals surface area contributed by atoms with Crippen molar-refractivity contribution in [2.75, 3.05) is 0 Å². The minimum absolute atomic E-state index is 0.00575. The van der Waals surface area contributed by atoms with Crippen LogP contribution in [0, 0.1) is 26.6 Å². The Kier molecular flexibility index (Phi) is 5.87. The van der Waals surface area contributed by atoms with Crippen molar-refractivity contribution >= 4 is 13.6 Å². The van der Waals surface area contributed by atoms with Gasteiger partial charge in [0, 0.05) is 11.1 Å². The number of halogens is 1. The monoisotopic (exact) mass is 414 g/mol. The number of phosphoric ester groups is 1. The van der Waals surface area contributed by atoms with Crippen LogP contribution in [0.5, 0.6) is 11.5 Å². The summed E-state index contributed by atoms with van der Waals surface area (Å²) >= 11 is 0. The van der Waals surface area contributed by atoms with Crippen LogP contribution in [-0.2, 0) is 4.57 Å². The SMILES string of the molecule is Cc1cc(C)c(C(=O)c2cccc(OP(=O)(O)Oc3ccc(F)cc3)c2)c(C)c1. The van der Waals surface area contributed by atoms with Gasteiger partial charge >= 0.3 is 7.82 Å². The van der Waals surface area contributed by atoms with Crippen molar-refractivity contribution in [3.05, 3.63) is 94.3 Å². The van der Waals surface area contributed by atoms with E-state index in [-0.39, 0.29) is 17.3 Å². The summed E-state index contributed by atoms with van der Waals surface area (Å²) in [6.45, 7) is 5.70. The minimum atomic E-state index is -4.53. The van der Waals surface area contributed by atoms with E-state index in [1.54, 1.807) is 12.1 Å². The summed E-state index contributed by atoms with van der Waals surface area (Å²) in [6.07, 6.45) is 0. The van der Waals surface area contributed by atoms with Gasteiger partial charge in [-0.25, -0.2) is 8.96 Å². The van der Waals surface area contributed by atoms with Crippen molar-refractivity contribution in [3.63, 3.8) is 0 Å². The Morgan fingerprint density at radius 2 is 1.48 bits per heavy atom. The maximum absolute atomic E-state index is 13.0. The molecule has 1 atom stereocenters. The summed E-state index contributed by atoms with van der Waals surface area (Å²) in [5.74, 6) is -0.724. The molecule has 0 spiro atoms. The highest BCUT2D eigenvalue weighted by Gasteiger charge is 2.26. The van der Waals surface area contributed by atoms with Crippen molar-refractivity contribution < 1.29 is 27.7 Å². The number of carbonyl (C=O) groups excluding carboxylic acids is 1. The van der Waals surface area contributed by atoms with Gasteiger partial charge in [-0.15, -0.1) is 0 Å². The molecule has 0 amide bonds. The predicted molar refractivity (Wildman–Crippen MR) is 108 cm³/mol. The van der Waals surface area contributed by atoms with E-state index in [9.17, 15) is 18.6 Å². The van der Waals surface area contributed by atoms with Crippen LogP contribution in [0.15, 0.2) is 60.7 Å². The van der Waals surface area contributed by atoms with Gasteiger partial charge in [-0.3, -0.25) is 9.69 Å². The first-order valence-electron chi connectivity index (χ1n) is 8.85. The minimum Gasteiger partial charge on any atom is -0.395 e. The Morgan fingerprint density at radius 3 is 2.10 bits per heavy atom. The van der Waals surface area contributed by atoms with Crippen molar-refractivity contribution in [3.8, 4) is 11.5 Å². The normalized spacial score (nSPS) is 12.9. The van der Waals surface area contributed by atoms with Crippen LogP contribution in [0.3, 0.4) is 0 Å². The number of ketones is 1. The summed E-state index contributed by atoms with van der Waals surface area (Å²) in [4.78, 5) is 23.0. The maximum atomic E-state index is 13.0. The summed E-state index contributed by atoms with van der Waals surface area (Å²) < 4.78 is 35.2. The Balaban J connectivity index is 1.83. The highest BCUT2D eigenvalue weighted by atomic mass is 31.2. The number of benzene rings is 3. The highest BCUT2D eigenvalue weighted by Crippen LogP contribution is 2.44. The molecular formula is C22H20FO5P. The molecule has 0 radical (unpaired) electrons. The first-order chi connectivity index (χ1) is 13.6. The van der Waals surface area contributed by atoms with Gasteiger partial charge in [0.25, 0.3) is 0 Å². The molecule has 1 N–H and O–H groups in total. The Labute approximate surface area is 168 Å².